The van der Waals surface area contributed by atoms with Crippen LogP contribution in [0.2, 0.25) is 0 Å². The summed E-state index contributed by atoms with van der Waals surface area (Å²) in [5, 5.41) is 3.34. The highest BCUT2D eigenvalue weighted by molar-refractivity contribution is 9.10. The first-order valence-electron chi connectivity index (χ1n) is 6.36. The summed E-state index contributed by atoms with van der Waals surface area (Å²) in [6.07, 6.45) is -4.67. The number of nitrogens with zero attached hydrogens (tertiary/aromatic N) is 2. The molecule has 0 saturated heterocycles. The molecule has 0 saturated carbocycles. The van der Waals surface area contributed by atoms with Gasteiger partial charge in [0.25, 0.3) is 0 Å². The highest BCUT2D eigenvalue weighted by Crippen LogP contribution is 2.31. The van der Waals surface area contributed by atoms with Crippen molar-refractivity contribution in [3.05, 3.63) is 58.9 Å². The fraction of sp³-hybridized carbons (Fsp3) is 0.0667. The summed E-state index contributed by atoms with van der Waals surface area (Å²) in [6, 6.07) is 13.6. The molecule has 0 unspecified atom stereocenters. The molecule has 0 atom stereocenters. The second kappa shape index (κ2) is 6.04. The predicted molar refractivity (Wildman–Crippen MR) is 79.0 cm³/mol. The van der Waals surface area contributed by atoms with E-state index in [1.165, 1.54) is 6.07 Å². The maximum Gasteiger partial charge on any atom is 0.471 e. The largest absolute Gasteiger partial charge is 0.471 e. The molecule has 0 bridgehead atoms. The summed E-state index contributed by atoms with van der Waals surface area (Å²) >= 11 is 3.32. The summed E-state index contributed by atoms with van der Waals surface area (Å²) in [6.45, 7) is 0. The number of hydrogen-bond acceptors (Lipinski definition) is 4. The van der Waals surface area contributed by atoms with E-state index in [4.69, 9.17) is 4.74 Å². The molecule has 3 aromatic rings. The van der Waals surface area contributed by atoms with E-state index >= 15 is 0 Å². The number of ether oxygens (including phenoxy) is 1. The molecule has 0 fully saturated rings. The molecule has 0 N–H and O–H groups in total. The maximum absolute atomic E-state index is 12.5. The van der Waals surface area contributed by atoms with Gasteiger partial charge in [0.15, 0.2) is 0 Å². The smallest absolute Gasteiger partial charge is 0.457 e. The Morgan fingerprint density at radius 1 is 1.00 bits per heavy atom. The van der Waals surface area contributed by atoms with Gasteiger partial charge in [0.05, 0.1) is 0 Å². The van der Waals surface area contributed by atoms with Crippen LogP contribution in [0.1, 0.15) is 5.89 Å². The van der Waals surface area contributed by atoms with Gasteiger partial charge in [-0.1, -0.05) is 33.2 Å². The number of benzene rings is 2. The third-order valence-electron chi connectivity index (χ3n) is 2.81. The second-order valence-corrected chi connectivity index (χ2v) is 5.42. The van der Waals surface area contributed by atoms with E-state index in [1.54, 1.807) is 30.3 Å². The molecule has 0 amide bonds. The molecule has 2 aromatic carbocycles. The van der Waals surface area contributed by atoms with Crippen molar-refractivity contribution in [3.63, 3.8) is 0 Å². The summed E-state index contributed by atoms with van der Waals surface area (Å²) < 4.78 is 48.2. The standard InChI is InChI=1S/C15H8BrF3N2O2/c16-10-4-6-11(7-5-10)22-12-3-1-2-9(8-12)13-20-14(23-21-13)15(17,18)19/h1-8H. The van der Waals surface area contributed by atoms with Gasteiger partial charge in [-0.25, -0.2) is 0 Å². The fourth-order valence-electron chi connectivity index (χ4n) is 1.79. The summed E-state index contributed by atoms with van der Waals surface area (Å²) in [4.78, 5) is 3.35. The number of halogens is 4. The zero-order valence-electron chi connectivity index (χ0n) is 11.3. The van der Waals surface area contributed by atoms with Crippen LogP contribution in [-0.4, -0.2) is 10.1 Å². The first-order valence-corrected chi connectivity index (χ1v) is 7.16. The first-order chi connectivity index (χ1) is 10.9. The molecule has 0 radical (unpaired) electrons. The summed E-state index contributed by atoms with van der Waals surface area (Å²) in [5.41, 5.74) is 0.360. The number of alkyl halides is 3. The highest BCUT2D eigenvalue weighted by atomic mass is 79.9. The lowest BCUT2D eigenvalue weighted by molar-refractivity contribution is -0.159. The van der Waals surface area contributed by atoms with Crippen molar-refractivity contribution in [3.8, 4) is 22.9 Å². The van der Waals surface area contributed by atoms with Crippen molar-refractivity contribution in [1.82, 2.24) is 10.1 Å². The molecule has 1 heterocycles. The summed E-state index contributed by atoms with van der Waals surface area (Å²) in [5.74, 6) is -0.497. The van der Waals surface area contributed by atoms with Gasteiger partial charge in [-0.3, -0.25) is 0 Å². The lowest BCUT2D eigenvalue weighted by atomic mass is 10.2. The molecule has 0 aliphatic rings. The average molecular weight is 385 g/mol. The van der Waals surface area contributed by atoms with E-state index in [1.807, 2.05) is 12.1 Å². The lowest BCUT2D eigenvalue weighted by Gasteiger charge is -2.06. The highest BCUT2D eigenvalue weighted by Gasteiger charge is 2.38. The minimum atomic E-state index is -4.67. The molecular formula is C15H8BrF3N2O2. The van der Waals surface area contributed by atoms with Crippen LogP contribution in [0.25, 0.3) is 11.4 Å². The monoisotopic (exact) mass is 384 g/mol. The van der Waals surface area contributed by atoms with Crippen LogP contribution in [0.4, 0.5) is 13.2 Å². The molecule has 0 spiro atoms. The minimum absolute atomic E-state index is 0.154. The number of hydrogen-bond donors (Lipinski definition) is 0. The van der Waals surface area contributed by atoms with Gasteiger partial charge in [0.2, 0.25) is 5.82 Å². The quantitative estimate of drug-likeness (QED) is 0.613. The molecule has 0 aliphatic carbocycles. The van der Waals surface area contributed by atoms with Gasteiger partial charge in [0, 0.05) is 10.0 Å². The van der Waals surface area contributed by atoms with Crippen LogP contribution in [0.5, 0.6) is 11.5 Å². The van der Waals surface area contributed by atoms with Gasteiger partial charge in [-0.2, -0.15) is 18.2 Å². The van der Waals surface area contributed by atoms with Gasteiger partial charge < -0.3 is 9.26 Å². The van der Waals surface area contributed by atoms with E-state index in [9.17, 15) is 13.2 Å². The maximum atomic E-state index is 12.5. The third kappa shape index (κ3) is 3.70. The van der Waals surface area contributed by atoms with Crippen molar-refractivity contribution in [2.24, 2.45) is 0 Å². The van der Waals surface area contributed by atoms with Crippen molar-refractivity contribution >= 4 is 15.9 Å². The topological polar surface area (TPSA) is 48.2 Å². The Bertz CT molecular complexity index is 816. The summed E-state index contributed by atoms with van der Waals surface area (Å²) in [7, 11) is 0. The van der Waals surface area contributed by atoms with Crippen LogP contribution < -0.4 is 4.74 Å². The van der Waals surface area contributed by atoms with Crippen LogP contribution >= 0.6 is 15.9 Å². The Labute approximate surface area is 137 Å². The van der Waals surface area contributed by atoms with E-state index in [2.05, 4.69) is 30.6 Å². The van der Waals surface area contributed by atoms with Crippen molar-refractivity contribution in [2.75, 3.05) is 0 Å². The van der Waals surface area contributed by atoms with Crippen LogP contribution in [0.3, 0.4) is 0 Å². The molecule has 23 heavy (non-hydrogen) atoms. The van der Waals surface area contributed by atoms with E-state index in [-0.39, 0.29) is 5.82 Å². The van der Waals surface area contributed by atoms with E-state index in [0.717, 1.165) is 4.47 Å². The average Bonchev–Trinajstić information content (AvgIpc) is 3.00. The molecule has 8 heteroatoms. The fourth-order valence-corrected chi connectivity index (χ4v) is 2.06. The molecule has 4 nitrogen and oxygen atoms in total. The molecule has 3 rings (SSSR count). The van der Waals surface area contributed by atoms with Crippen molar-refractivity contribution in [2.45, 2.75) is 6.18 Å². The SMILES string of the molecule is FC(F)(F)c1nc(-c2cccc(Oc3ccc(Br)cc3)c2)no1. The molecule has 1 aromatic heterocycles. The zero-order valence-corrected chi connectivity index (χ0v) is 12.9. The van der Waals surface area contributed by atoms with Gasteiger partial charge >= 0.3 is 12.1 Å². The van der Waals surface area contributed by atoms with E-state index < -0.39 is 12.1 Å². The molecule has 0 aliphatic heterocycles. The van der Waals surface area contributed by atoms with Crippen LogP contribution in [-0.2, 0) is 6.18 Å². The molecular weight excluding hydrogens is 377 g/mol. The molecule has 118 valence electrons. The van der Waals surface area contributed by atoms with Gasteiger partial charge in [-0.15, -0.1) is 0 Å². The Balaban J connectivity index is 1.85. The van der Waals surface area contributed by atoms with Crippen molar-refractivity contribution in [1.29, 1.82) is 0 Å². The Morgan fingerprint density at radius 2 is 1.74 bits per heavy atom. The third-order valence-corrected chi connectivity index (χ3v) is 3.34. The Morgan fingerprint density at radius 3 is 2.39 bits per heavy atom. The van der Waals surface area contributed by atoms with Crippen LogP contribution in [0.15, 0.2) is 57.5 Å². The van der Waals surface area contributed by atoms with Crippen molar-refractivity contribution < 1.29 is 22.4 Å². The predicted octanol–water partition coefficient (Wildman–Crippen LogP) is 5.31. The Hall–Kier alpha value is -2.35. The van der Waals surface area contributed by atoms with Crippen LogP contribution in [0, 0.1) is 0 Å². The second-order valence-electron chi connectivity index (χ2n) is 4.50. The number of rotatable bonds is 3. The first kappa shape index (κ1) is 15.5. The van der Waals surface area contributed by atoms with E-state index in [0.29, 0.717) is 17.1 Å². The minimum Gasteiger partial charge on any atom is -0.457 e. The normalized spacial score (nSPS) is 11.5. The Kier molecular flexibility index (Phi) is 4.08. The lowest BCUT2D eigenvalue weighted by Crippen LogP contribution is -2.04. The van der Waals surface area contributed by atoms with Gasteiger partial charge in [-0.05, 0) is 36.4 Å². The zero-order chi connectivity index (χ0) is 16.4. The van der Waals surface area contributed by atoms with Gasteiger partial charge in [0.1, 0.15) is 11.5 Å². The number of aromatic nitrogens is 2.